The Kier molecular flexibility index (Phi) is 3.13. The van der Waals surface area contributed by atoms with Crippen LogP contribution in [0.1, 0.15) is 22.3 Å². The van der Waals surface area contributed by atoms with Crippen LogP contribution in [0.15, 0.2) is 11.0 Å². The van der Waals surface area contributed by atoms with Crippen LogP contribution in [0.2, 0.25) is 0 Å². The number of hydrogen-bond donors (Lipinski definition) is 1. The highest BCUT2D eigenvalue weighted by molar-refractivity contribution is 5.89. The van der Waals surface area contributed by atoms with Gasteiger partial charge < -0.3 is 9.72 Å². The zero-order chi connectivity index (χ0) is 11.6. The zero-order valence-electron chi connectivity index (χ0n) is 7.51. The number of hydrogen-bond acceptors (Lipinski definition) is 3. The molecule has 0 fully saturated rings. The summed E-state index contributed by atoms with van der Waals surface area (Å²) < 4.78 is 41.4. The molecule has 0 bridgehead atoms. The Bertz CT molecular complexity index is 441. The monoisotopic (exact) mass is 221 g/mol. The number of aromatic nitrogens is 1. The maximum absolute atomic E-state index is 12.9. The van der Waals surface area contributed by atoms with Crippen LogP contribution in [0.5, 0.6) is 0 Å². The average molecular weight is 221 g/mol. The first-order chi connectivity index (χ1) is 6.99. The van der Waals surface area contributed by atoms with E-state index >= 15 is 0 Å². The number of ether oxygens (including phenoxy) is 1. The molecule has 0 radical (unpaired) electrons. The maximum atomic E-state index is 12.9. The van der Waals surface area contributed by atoms with Gasteiger partial charge in [0.05, 0.1) is 12.7 Å². The largest absolute Gasteiger partial charge is 0.465 e. The number of esters is 1. The fourth-order valence-corrected chi connectivity index (χ4v) is 0.969. The van der Waals surface area contributed by atoms with Crippen LogP contribution in [0, 0.1) is 5.95 Å². The van der Waals surface area contributed by atoms with Crippen LogP contribution in [-0.2, 0) is 4.74 Å². The minimum absolute atomic E-state index is 0.523. The number of carbonyl (C=O) groups is 1. The van der Waals surface area contributed by atoms with E-state index in [1.54, 1.807) is 4.98 Å². The molecule has 15 heavy (non-hydrogen) atoms. The van der Waals surface area contributed by atoms with E-state index in [1.165, 1.54) is 0 Å². The highest BCUT2D eigenvalue weighted by Gasteiger charge is 2.23. The summed E-state index contributed by atoms with van der Waals surface area (Å²) in [5.74, 6) is -2.59. The van der Waals surface area contributed by atoms with Crippen molar-refractivity contribution in [2.24, 2.45) is 0 Å². The lowest BCUT2D eigenvalue weighted by molar-refractivity contribution is 0.0592. The first kappa shape index (κ1) is 11.3. The Morgan fingerprint density at radius 2 is 2.13 bits per heavy atom. The molecule has 0 aliphatic heterocycles. The first-order valence-corrected chi connectivity index (χ1v) is 3.76. The Balaban J connectivity index is 3.44. The molecule has 1 N–H and O–H groups in total. The van der Waals surface area contributed by atoms with Gasteiger partial charge in [-0.1, -0.05) is 0 Å². The molecule has 1 rings (SSSR count). The van der Waals surface area contributed by atoms with Gasteiger partial charge >= 0.3 is 5.97 Å². The maximum Gasteiger partial charge on any atom is 0.346 e. The number of methoxy groups -OCH3 is 1. The quantitative estimate of drug-likeness (QED) is 0.603. The molecular weight excluding hydrogens is 215 g/mol. The lowest BCUT2D eigenvalue weighted by atomic mass is 10.2. The van der Waals surface area contributed by atoms with Gasteiger partial charge in [0.2, 0.25) is 11.4 Å². The smallest absolute Gasteiger partial charge is 0.346 e. The predicted octanol–water partition coefficient (Wildman–Crippen LogP) is 1.24. The Morgan fingerprint density at radius 1 is 1.53 bits per heavy atom. The van der Waals surface area contributed by atoms with Crippen LogP contribution in [-0.4, -0.2) is 18.1 Å². The summed E-state index contributed by atoms with van der Waals surface area (Å²) >= 11 is 0. The van der Waals surface area contributed by atoms with Crippen molar-refractivity contribution in [2.75, 3.05) is 7.11 Å². The van der Waals surface area contributed by atoms with Gasteiger partial charge in [0.1, 0.15) is 0 Å². The molecule has 0 aliphatic rings. The lowest BCUT2D eigenvalue weighted by Crippen LogP contribution is -2.23. The van der Waals surface area contributed by atoms with E-state index in [4.69, 9.17) is 0 Å². The number of nitrogens with one attached hydrogen (secondary N) is 1. The zero-order valence-corrected chi connectivity index (χ0v) is 7.51. The Hall–Kier alpha value is -1.79. The van der Waals surface area contributed by atoms with Gasteiger partial charge in [0.15, 0.2) is 5.56 Å². The van der Waals surface area contributed by atoms with Gasteiger partial charge in [-0.2, -0.15) is 4.39 Å². The number of halogens is 3. The van der Waals surface area contributed by atoms with E-state index in [0.717, 1.165) is 7.11 Å². The molecule has 0 saturated carbocycles. The van der Waals surface area contributed by atoms with Crippen molar-refractivity contribution in [1.29, 1.82) is 0 Å². The van der Waals surface area contributed by atoms with Gasteiger partial charge in [0.25, 0.3) is 6.43 Å². The number of H-pyrrole nitrogens is 1. The van der Waals surface area contributed by atoms with Gasteiger partial charge in [-0.15, -0.1) is 0 Å². The van der Waals surface area contributed by atoms with Gasteiger partial charge in [0, 0.05) is 6.20 Å². The van der Waals surface area contributed by atoms with Crippen molar-refractivity contribution < 1.29 is 22.7 Å². The summed E-state index contributed by atoms with van der Waals surface area (Å²) in [5, 5.41) is 0. The van der Waals surface area contributed by atoms with E-state index in [1.807, 2.05) is 0 Å². The van der Waals surface area contributed by atoms with Crippen molar-refractivity contribution in [3.63, 3.8) is 0 Å². The second kappa shape index (κ2) is 4.16. The second-order valence-electron chi connectivity index (χ2n) is 2.55. The molecule has 1 aromatic rings. The highest BCUT2D eigenvalue weighted by atomic mass is 19.3. The van der Waals surface area contributed by atoms with Crippen LogP contribution in [0.3, 0.4) is 0 Å². The Morgan fingerprint density at radius 3 is 2.60 bits per heavy atom. The van der Waals surface area contributed by atoms with Crippen LogP contribution >= 0.6 is 0 Å². The normalized spacial score (nSPS) is 10.5. The summed E-state index contributed by atoms with van der Waals surface area (Å²) in [4.78, 5) is 23.9. The van der Waals surface area contributed by atoms with E-state index < -0.39 is 34.9 Å². The summed E-state index contributed by atoms with van der Waals surface area (Å²) in [6, 6.07) is 0. The standard InChI is InChI=1S/C8H6F3NO3/c1-15-8(14)4-5(13)3(6(9)10)2-12-7(4)11/h2,6H,1H3,(H,12,13). The third-order valence-electron chi connectivity index (χ3n) is 1.69. The molecule has 0 aliphatic carbocycles. The van der Waals surface area contributed by atoms with Gasteiger partial charge in [-0.3, -0.25) is 4.79 Å². The van der Waals surface area contributed by atoms with E-state index in [9.17, 15) is 22.8 Å². The molecule has 1 aromatic heterocycles. The molecule has 0 amide bonds. The second-order valence-corrected chi connectivity index (χ2v) is 2.55. The molecule has 1 heterocycles. The number of aromatic amines is 1. The molecule has 0 aromatic carbocycles. The van der Waals surface area contributed by atoms with Crippen LogP contribution in [0.25, 0.3) is 0 Å². The molecule has 7 heteroatoms. The van der Waals surface area contributed by atoms with Crippen LogP contribution in [0.4, 0.5) is 13.2 Å². The molecule has 0 atom stereocenters. The molecule has 82 valence electrons. The molecule has 0 unspecified atom stereocenters. The fourth-order valence-electron chi connectivity index (χ4n) is 0.969. The van der Waals surface area contributed by atoms with Crippen molar-refractivity contribution in [3.05, 3.63) is 33.5 Å². The van der Waals surface area contributed by atoms with Gasteiger partial charge in [-0.25, -0.2) is 13.6 Å². The van der Waals surface area contributed by atoms with Crippen LogP contribution < -0.4 is 5.43 Å². The third kappa shape index (κ3) is 2.00. The minimum atomic E-state index is -3.09. The van der Waals surface area contributed by atoms with Crippen molar-refractivity contribution in [3.8, 4) is 0 Å². The van der Waals surface area contributed by atoms with Crippen molar-refractivity contribution in [2.45, 2.75) is 6.43 Å². The van der Waals surface area contributed by atoms with E-state index in [2.05, 4.69) is 4.74 Å². The number of rotatable bonds is 2. The average Bonchev–Trinajstić information content (AvgIpc) is 2.16. The molecular formula is C8H6F3NO3. The van der Waals surface area contributed by atoms with Crippen molar-refractivity contribution in [1.82, 2.24) is 4.98 Å². The molecule has 0 saturated heterocycles. The fraction of sp³-hybridized carbons (Fsp3) is 0.250. The summed E-state index contributed by atoms with van der Waals surface area (Å²) in [6.07, 6.45) is -2.56. The number of pyridine rings is 1. The summed E-state index contributed by atoms with van der Waals surface area (Å²) in [5.41, 5.74) is -3.39. The topological polar surface area (TPSA) is 59.2 Å². The lowest BCUT2D eigenvalue weighted by Gasteiger charge is -2.03. The van der Waals surface area contributed by atoms with Gasteiger partial charge in [-0.05, 0) is 0 Å². The molecule has 0 spiro atoms. The first-order valence-electron chi connectivity index (χ1n) is 3.76. The van der Waals surface area contributed by atoms with Crippen molar-refractivity contribution >= 4 is 5.97 Å². The number of carbonyl (C=O) groups excluding carboxylic acids is 1. The summed E-state index contributed by atoms with van der Waals surface area (Å²) in [7, 11) is 0.913. The van der Waals surface area contributed by atoms with E-state index in [0.29, 0.717) is 6.20 Å². The van der Waals surface area contributed by atoms with E-state index in [-0.39, 0.29) is 0 Å². The highest BCUT2D eigenvalue weighted by Crippen LogP contribution is 2.15. The molecule has 4 nitrogen and oxygen atoms in total. The summed E-state index contributed by atoms with van der Waals surface area (Å²) in [6.45, 7) is 0. The SMILES string of the molecule is COC(=O)c1c(F)[nH]cc(C(F)F)c1=O. The predicted molar refractivity (Wildman–Crippen MR) is 43.3 cm³/mol. The Labute approximate surface area is 81.7 Å². The third-order valence-corrected chi connectivity index (χ3v) is 1.69. The minimum Gasteiger partial charge on any atom is -0.465 e. The number of alkyl halides is 2.